The highest BCUT2D eigenvalue weighted by molar-refractivity contribution is 5.76. The smallest absolute Gasteiger partial charge is 0.220 e. The summed E-state index contributed by atoms with van der Waals surface area (Å²) in [6, 6.07) is 0.438. The summed E-state index contributed by atoms with van der Waals surface area (Å²) in [6.45, 7) is 8.92. The van der Waals surface area contributed by atoms with Gasteiger partial charge in [0.2, 0.25) is 5.91 Å². The summed E-state index contributed by atoms with van der Waals surface area (Å²) in [5.41, 5.74) is 0. The maximum Gasteiger partial charge on any atom is 0.220 e. The Morgan fingerprint density at radius 1 is 1.23 bits per heavy atom. The Bertz CT molecular complexity index is 379. The van der Waals surface area contributed by atoms with Crippen molar-refractivity contribution < 1.29 is 9.53 Å². The Balaban J connectivity index is 1.44. The Morgan fingerprint density at radius 2 is 2.00 bits per heavy atom. The number of nitrogens with one attached hydrogen (secondary N) is 1. The largest absolute Gasteiger partial charge is 0.379 e. The van der Waals surface area contributed by atoms with Crippen LogP contribution in [0.25, 0.3) is 0 Å². The Hall–Kier alpha value is -0.610. The number of hydrogen-bond acceptors (Lipinski definition) is 3. The van der Waals surface area contributed by atoms with Crippen LogP contribution in [0.4, 0.5) is 0 Å². The van der Waals surface area contributed by atoms with Crippen molar-refractivity contribution in [2.24, 2.45) is 23.7 Å². The van der Waals surface area contributed by atoms with Crippen molar-refractivity contribution >= 4 is 5.91 Å². The number of morpholine rings is 1. The van der Waals surface area contributed by atoms with Crippen LogP contribution in [0, 0.1) is 23.7 Å². The average molecular weight is 308 g/mol. The zero-order valence-corrected chi connectivity index (χ0v) is 14.2. The van der Waals surface area contributed by atoms with Crippen molar-refractivity contribution in [3.05, 3.63) is 0 Å². The lowest BCUT2D eigenvalue weighted by atomic mass is 9.86. The van der Waals surface area contributed by atoms with E-state index < -0.39 is 0 Å². The zero-order valence-electron chi connectivity index (χ0n) is 14.2. The fourth-order valence-electron chi connectivity index (χ4n) is 4.85. The summed E-state index contributed by atoms with van der Waals surface area (Å²) in [4.78, 5) is 14.8. The van der Waals surface area contributed by atoms with Crippen LogP contribution in [0.1, 0.15) is 46.0 Å². The van der Waals surface area contributed by atoms with Gasteiger partial charge in [0.05, 0.1) is 13.2 Å². The molecular formula is C18H32N2O2. The molecule has 4 heteroatoms. The number of hydrogen-bond donors (Lipinski definition) is 1. The number of carbonyl (C=O) groups excluding carboxylic acids is 1. The van der Waals surface area contributed by atoms with Crippen LogP contribution < -0.4 is 5.32 Å². The number of fused-ring (bicyclic) bond motifs is 2. The third-order valence-electron chi connectivity index (χ3n) is 6.12. The van der Waals surface area contributed by atoms with Gasteiger partial charge in [-0.25, -0.2) is 0 Å². The van der Waals surface area contributed by atoms with Crippen LogP contribution in [0.5, 0.6) is 0 Å². The van der Waals surface area contributed by atoms with Crippen LogP contribution in [-0.2, 0) is 9.53 Å². The first-order valence-electron chi connectivity index (χ1n) is 9.22. The van der Waals surface area contributed by atoms with E-state index in [4.69, 9.17) is 4.74 Å². The normalized spacial score (nSPS) is 33.3. The van der Waals surface area contributed by atoms with Gasteiger partial charge in [-0.2, -0.15) is 0 Å². The molecule has 1 amide bonds. The van der Waals surface area contributed by atoms with E-state index in [9.17, 15) is 4.79 Å². The standard InChI is InChI=1S/C18H32N2O2/c1-13(2)17(20-5-7-22-8-6-20)12-19-18(21)11-16-10-14-3-4-15(16)9-14/h13-17H,3-12H2,1-2H3,(H,19,21)/t14-,15-,16+,17-/m0/s1. The summed E-state index contributed by atoms with van der Waals surface area (Å²) >= 11 is 0. The summed E-state index contributed by atoms with van der Waals surface area (Å²) in [6.07, 6.45) is 6.23. The van der Waals surface area contributed by atoms with Gasteiger partial charge in [0.25, 0.3) is 0 Å². The first kappa shape index (κ1) is 16.3. The van der Waals surface area contributed by atoms with Crippen molar-refractivity contribution in [2.75, 3.05) is 32.8 Å². The van der Waals surface area contributed by atoms with Crippen LogP contribution >= 0.6 is 0 Å². The number of amides is 1. The number of carbonyl (C=O) groups is 1. The second kappa shape index (κ2) is 7.31. The van der Waals surface area contributed by atoms with E-state index in [0.29, 0.717) is 17.9 Å². The second-order valence-electron chi connectivity index (χ2n) is 7.90. The number of rotatable bonds is 6. The SMILES string of the molecule is CC(C)[C@H](CNC(=O)C[C@H]1C[C@H]2CC[C@H]1C2)N1CCOCC1. The molecule has 3 fully saturated rings. The molecule has 1 saturated heterocycles. The fraction of sp³-hybridized carbons (Fsp3) is 0.944. The molecule has 3 rings (SSSR count). The molecule has 4 nitrogen and oxygen atoms in total. The lowest BCUT2D eigenvalue weighted by Crippen LogP contribution is -2.51. The first-order valence-corrected chi connectivity index (χ1v) is 9.22. The highest BCUT2D eigenvalue weighted by Crippen LogP contribution is 2.49. The molecule has 4 atom stereocenters. The molecule has 22 heavy (non-hydrogen) atoms. The van der Waals surface area contributed by atoms with Crippen molar-refractivity contribution in [3.8, 4) is 0 Å². The molecular weight excluding hydrogens is 276 g/mol. The molecule has 0 aromatic rings. The van der Waals surface area contributed by atoms with Crippen LogP contribution in [0.15, 0.2) is 0 Å². The van der Waals surface area contributed by atoms with Gasteiger partial charge in [-0.1, -0.05) is 20.3 Å². The highest BCUT2D eigenvalue weighted by Gasteiger charge is 2.40. The average Bonchev–Trinajstić information content (AvgIpc) is 3.11. The first-order chi connectivity index (χ1) is 10.6. The molecule has 1 aliphatic heterocycles. The van der Waals surface area contributed by atoms with Crippen LogP contribution in [-0.4, -0.2) is 49.7 Å². The maximum absolute atomic E-state index is 12.3. The Morgan fingerprint density at radius 3 is 2.59 bits per heavy atom. The molecule has 1 heterocycles. The molecule has 2 aliphatic carbocycles. The van der Waals surface area contributed by atoms with Gasteiger partial charge in [-0.15, -0.1) is 0 Å². The van der Waals surface area contributed by atoms with Gasteiger partial charge in [0, 0.05) is 32.1 Å². The van der Waals surface area contributed by atoms with Gasteiger partial charge in [0.1, 0.15) is 0 Å². The fourth-order valence-corrected chi connectivity index (χ4v) is 4.85. The van der Waals surface area contributed by atoms with E-state index >= 15 is 0 Å². The molecule has 0 spiro atoms. The van der Waals surface area contributed by atoms with Gasteiger partial charge >= 0.3 is 0 Å². The topological polar surface area (TPSA) is 41.6 Å². The van der Waals surface area contributed by atoms with Gasteiger partial charge < -0.3 is 10.1 Å². The Labute approximate surface area is 135 Å². The quantitative estimate of drug-likeness (QED) is 0.818. The number of ether oxygens (including phenoxy) is 1. The van der Waals surface area contributed by atoms with Crippen molar-refractivity contribution in [2.45, 2.75) is 52.0 Å². The molecule has 0 unspecified atom stereocenters. The van der Waals surface area contributed by atoms with E-state index in [1.54, 1.807) is 0 Å². The monoisotopic (exact) mass is 308 g/mol. The van der Waals surface area contributed by atoms with Crippen molar-refractivity contribution in [3.63, 3.8) is 0 Å². The molecule has 0 aromatic carbocycles. The van der Waals surface area contributed by atoms with Crippen LogP contribution in [0.2, 0.25) is 0 Å². The van der Waals surface area contributed by atoms with Gasteiger partial charge in [-0.05, 0) is 42.9 Å². The molecule has 126 valence electrons. The molecule has 2 saturated carbocycles. The third kappa shape index (κ3) is 3.83. The summed E-state index contributed by atoms with van der Waals surface area (Å²) in [5.74, 6) is 3.27. The highest BCUT2D eigenvalue weighted by atomic mass is 16.5. The van der Waals surface area contributed by atoms with Crippen molar-refractivity contribution in [1.29, 1.82) is 0 Å². The van der Waals surface area contributed by atoms with E-state index in [2.05, 4.69) is 24.1 Å². The summed E-state index contributed by atoms with van der Waals surface area (Å²) in [5, 5.41) is 3.23. The lowest BCUT2D eigenvalue weighted by Gasteiger charge is -2.37. The third-order valence-corrected chi connectivity index (χ3v) is 6.12. The predicted octanol–water partition coefficient (Wildman–Crippen LogP) is 2.29. The summed E-state index contributed by atoms with van der Waals surface area (Å²) < 4.78 is 5.44. The minimum absolute atomic E-state index is 0.274. The molecule has 1 N–H and O–H groups in total. The summed E-state index contributed by atoms with van der Waals surface area (Å²) in [7, 11) is 0. The molecule has 0 aromatic heterocycles. The minimum Gasteiger partial charge on any atom is -0.379 e. The molecule has 3 aliphatic rings. The number of nitrogens with zero attached hydrogens (tertiary/aromatic N) is 1. The second-order valence-corrected chi connectivity index (χ2v) is 7.90. The van der Waals surface area contributed by atoms with E-state index in [1.165, 1.54) is 25.7 Å². The van der Waals surface area contributed by atoms with Gasteiger partial charge in [-0.3, -0.25) is 9.69 Å². The zero-order chi connectivity index (χ0) is 15.5. The van der Waals surface area contributed by atoms with E-state index in [-0.39, 0.29) is 5.91 Å². The van der Waals surface area contributed by atoms with E-state index in [0.717, 1.165) is 51.1 Å². The Kier molecular flexibility index (Phi) is 5.40. The van der Waals surface area contributed by atoms with Gasteiger partial charge in [0.15, 0.2) is 0 Å². The molecule has 2 bridgehead atoms. The predicted molar refractivity (Wildman–Crippen MR) is 87.6 cm³/mol. The maximum atomic E-state index is 12.3. The lowest BCUT2D eigenvalue weighted by molar-refractivity contribution is -0.122. The minimum atomic E-state index is 0.274. The molecule has 0 radical (unpaired) electrons. The van der Waals surface area contributed by atoms with Crippen LogP contribution in [0.3, 0.4) is 0 Å². The van der Waals surface area contributed by atoms with E-state index in [1.807, 2.05) is 0 Å². The van der Waals surface area contributed by atoms with Crippen molar-refractivity contribution in [1.82, 2.24) is 10.2 Å².